The Bertz CT molecular complexity index is 217. The fraction of sp³-hybridized carbons (Fsp3) is 0.900. The van der Waals surface area contributed by atoms with Gasteiger partial charge in [-0.2, -0.15) is 0 Å². The second-order valence-corrected chi connectivity index (χ2v) is 4.18. The maximum absolute atomic E-state index is 11.5. The van der Waals surface area contributed by atoms with Gasteiger partial charge in [0, 0.05) is 12.1 Å². The molecule has 74 valence electrons. The Balaban J connectivity index is 2.11. The van der Waals surface area contributed by atoms with Gasteiger partial charge in [-0.3, -0.25) is 9.69 Å². The summed E-state index contributed by atoms with van der Waals surface area (Å²) in [5.74, 6) is 0.128. The zero-order chi connectivity index (χ0) is 9.42. The smallest absolute Gasteiger partial charge is 0.310 e. The number of carbonyl (C=O) groups excluding carboxylic acids is 1. The molecular weight excluding hydrogens is 166 g/mol. The lowest BCUT2D eigenvalue weighted by Gasteiger charge is -2.31. The van der Waals surface area contributed by atoms with Crippen molar-refractivity contribution in [2.45, 2.75) is 37.8 Å². The summed E-state index contributed by atoms with van der Waals surface area (Å²) in [4.78, 5) is 13.8. The minimum absolute atomic E-state index is 0.0127. The Morgan fingerprint density at radius 1 is 1.46 bits per heavy atom. The van der Waals surface area contributed by atoms with Crippen molar-refractivity contribution in [2.75, 3.05) is 14.2 Å². The van der Waals surface area contributed by atoms with Crippen molar-refractivity contribution >= 4 is 5.97 Å². The summed E-state index contributed by atoms with van der Waals surface area (Å²) < 4.78 is 4.83. The zero-order valence-corrected chi connectivity index (χ0v) is 8.32. The summed E-state index contributed by atoms with van der Waals surface area (Å²) in [5.41, 5.74) is 0. The number of hydrogen-bond acceptors (Lipinski definition) is 3. The number of hydrogen-bond donors (Lipinski definition) is 0. The molecule has 0 radical (unpaired) electrons. The predicted octanol–water partition coefficient (Wildman–Crippen LogP) is 1.03. The number of carbonyl (C=O) groups is 1. The fourth-order valence-corrected chi connectivity index (χ4v) is 2.86. The minimum atomic E-state index is -0.0127. The summed E-state index contributed by atoms with van der Waals surface area (Å²) in [7, 11) is 3.63. The first-order valence-electron chi connectivity index (χ1n) is 5.04. The van der Waals surface area contributed by atoms with Crippen molar-refractivity contribution in [3.63, 3.8) is 0 Å². The van der Waals surface area contributed by atoms with Crippen LogP contribution in [-0.2, 0) is 9.53 Å². The van der Waals surface area contributed by atoms with Crippen LogP contribution in [0.5, 0.6) is 0 Å². The number of ether oxygens (including phenoxy) is 1. The molecule has 2 saturated heterocycles. The second kappa shape index (κ2) is 3.29. The highest BCUT2D eigenvalue weighted by Gasteiger charge is 2.45. The molecule has 0 N–H and O–H groups in total. The molecule has 0 amide bonds. The minimum Gasteiger partial charge on any atom is -0.469 e. The first kappa shape index (κ1) is 9.00. The predicted molar refractivity (Wildman–Crippen MR) is 49.3 cm³/mol. The summed E-state index contributed by atoms with van der Waals surface area (Å²) in [6, 6.07) is 1.08. The van der Waals surface area contributed by atoms with Gasteiger partial charge in [0.2, 0.25) is 0 Å². The lowest BCUT2D eigenvalue weighted by molar-refractivity contribution is -0.146. The molecule has 0 saturated carbocycles. The van der Waals surface area contributed by atoms with Gasteiger partial charge in [-0.05, 0) is 26.3 Å². The third-order valence-electron chi connectivity index (χ3n) is 3.63. The maximum atomic E-state index is 11.5. The van der Waals surface area contributed by atoms with Crippen molar-refractivity contribution in [1.29, 1.82) is 0 Å². The molecule has 0 unspecified atom stereocenters. The molecule has 2 aliphatic heterocycles. The number of fused-ring (bicyclic) bond motifs is 2. The lowest BCUT2D eigenvalue weighted by Crippen LogP contribution is -2.39. The molecule has 0 aliphatic carbocycles. The van der Waals surface area contributed by atoms with Crippen molar-refractivity contribution in [3.05, 3.63) is 0 Å². The summed E-state index contributed by atoms with van der Waals surface area (Å²) in [6.45, 7) is 0. The summed E-state index contributed by atoms with van der Waals surface area (Å²) in [5, 5.41) is 0. The first-order valence-corrected chi connectivity index (χ1v) is 5.04. The quantitative estimate of drug-likeness (QED) is 0.569. The molecule has 3 heteroatoms. The van der Waals surface area contributed by atoms with Crippen molar-refractivity contribution in [2.24, 2.45) is 5.92 Å². The Morgan fingerprint density at radius 3 is 2.85 bits per heavy atom. The van der Waals surface area contributed by atoms with Crippen LogP contribution in [0.15, 0.2) is 0 Å². The van der Waals surface area contributed by atoms with Crippen LogP contribution >= 0.6 is 0 Å². The van der Waals surface area contributed by atoms with Gasteiger partial charge >= 0.3 is 5.97 Å². The van der Waals surface area contributed by atoms with Crippen molar-refractivity contribution in [3.8, 4) is 0 Å². The van der Waals surface area contributed by atoms with Crippen LogP contribution in [0.3, 0.4) is 0 Å². The fourth-order valence-electron chi connectivity index (χ4n) is 2.86. The molecule has 3 atom stereocenters. The molecule has 0 aromatic rings. The Kier molecular flexibility index (Phi) is 2.28. The van der Waals surface area contributed by atoms with E-state index in [0.717, 1.165) is 12.8 Å². The van der Waals surface area contributed by atoms with Gasteiger partial charge < -0.3 is 4.74 Å². The standard InChI is InChI=1S/C10H17NO2/c1-11-7-4-3-5-9(11)8(6-7)10(12)13-2/h7-9H,3-6H2,1-2H3/t7-,8-,9+/m0/s1. The van der Waals surface area contributed by atoms with Gasteiger partial charge in [0.15, 0.2) is 0 Å². The number of esters is 1. The second-order valence-electron chi connectivity index (χ2n) is 4.18. The van der Waals surface area contributed by atoms with E-state index < -0.39 is 0 Å². The number of piperidine rings is 1. The average molecular weight is 183 g/mol. The molecule has 2 bridgehead atoms. The summed E-state index contributed by atoms with van der Waals surface area (Å²) >= 11 is 0. The summed E-state index contributed by atoms with van der Waals surface area (Å²) in [6.07, 6.45) is 4.69. The Hall–Kier alpha value is -0.570. The molecular formula is C10H17NO2. The van der Waals surface area contributed by atoms with Crippen LogP contribution in [0, 0.1) is 5.92 Å². The maximum Gasteiger partial charge on any atom is 0.310 e. The molecule has 3 nitrogen and oxygen atoms in total. The third-order valence-corrected chi connectivity index (χ3v) is 3.63. The zero-order valence-electron chi connectivity index (χ0n) is 8.32. The van der Waals surface area contributed by atoms with Crippen LogP contribution in [0.25, 0.3) is 0 Å². The van der Waals surface area contributed by atoms with Crippen LogP contribution in [0.1, 0.15) is 25.7 Å². The molecule has 2 heterocycles. The highest BCUT2D eigenvalue weighted by molar-refractivity contribution is 5.73. The number of methoxy groups -OCH3 is 1. The Morgan fingerprint density at radius 2 is 2.23 bits per heavy atom. The monoisotopic (exact) mass is 183 g/mol. The van der Waals surface area contributed by atoms with Crippen LogP contribution in [0.4, 0.5) is 0 Å². The van der Waals surface area contributed by atoms with Crippen molar-refractivity contribution < 1.29 is 9.53 Å². The molecule has 13 heavy (non-hydrogen) atoms. The van der Waals surface area contributed by atoms with E-state index in [1.165, 1.54) is 20.0 Å². The van der Waals surface area contributed by atoms with Crippen LogP contribution < -0.4 is 0 Å². The number of nitrogens with zero attached hydrogens (tertiary/aromatic N) is 1. The van der Waals surface area contributed by atoms with Gasteiger partial charge in [0.1, 0.15) is 0 Å². The normalized spacial score (nSPS) is 39.1. The molecule has 0 aromatic carbocycles. The largest absolute Gasteiger partial charge is 0.469 e. The number of rotatable bonds is 1. The molecule has 2 aliphatic rings. The van der Waals surface area contributed by atoms with Crippen LogP contribution in [-0.4, -0.2) is 37.1 Å². The van der Waals surface area contributed by atoms with Gasteiger partial charge in [-0.25, -0.2) is 0 Å². The van der Waals surface area contributed by atoms with E-state index in [1.807, 2.05) is 0 Å². The highest BCUT2D eigenvalue weighted by Crippen LogP contribution is 2.38. The molecule has 0 spiro atoms. The van der Waals surface area contributed by atoms with E-state index in [-0.39, 0.29) is 11.9 Å². The van der Waals surface area contributed by atoms with E-state index in [1.54, 1.807) is 0 Å². The SMILES string of the molecule is COC(=O)[C@H]1C[C@@H]2CCC[C@H]1N2C. The molecule has 2 fully saturated rings. The molecule has 0 aromatic heterocycles. The van der Waals surface area contributed by atoms with Crippen LogP contribution in [0.2, 0.25) is 0 Å². The van der Waals surface area contributed by atoms with E-state index >= 15 is 0 Å². The van der Waals surface area contributed by atoms with Crippen molar-refractivity contribution in [1.82, 2.24) is 4.90 Å². The van der Waals surface area contributed by atoms with Gasteiger partial charge in [-0.15, -0.1) is 0 Å². The lowest BCUT2D eigenvalue weighted by atomic mass is 9.98. The topological polar surface area (TPSA) is 29.5 Å². The van der Waals surface area contributed by atoms with Gasteiger partial charge in [0.05, 0.1) is 13.0 Å². The Labute approximate surface area is 79.0 Å². The van der Waals surface area contributed by atoms with E-state index in [4.69, 9.17) is 4.74 Å². The van der Waals surface area contributed by atoms with Gasteiger partial charge in [0.25, 0.3) is 0 Å². The van der Waals surface area contributed by atoms with E-state index in [0.29, 0.717) is 12.1 Å². The highest BCUT2D eigenvalue weighted by atomic mass is 16.5. The van der Waals surface area contributed by atoms with E-state index in [9.17, 15) is 4.79 Å². The third kappa shape index (κ3) is 1.35. The van der Waals surface area contributed by atoms with Gasteiger partial charge in [-0.1, -0.05) is 6.42 Å². The average Bonchev–Trinajstić information content (AvgIpc) is 2.39. The first-order chi connectivity index (χ1) is 6.24. The van der Waals surface area contributed by atoms with E-state index in [2.05, 4.69) is 11.9 Å². The molecule has 2 rings (SSSR count).